The summed E-state index contributed by atoms with van der Waals surface area (Å²) in [6, 6.07) is 13.1. The third-order valence-electron chi connectivity index (χ3n) is 4.36. The van der Waals surface area contributed by atoms with Crippen LogP contribution in [-0.4, -0.2) is 30.8 Å². The number of carbonyl (C=O) groups is 1. The summed E-state index contributed by atoms with van der Waals surface area (Å²) in [5.74, 6) is 0.363. The zero-order chi connectivity index (χ0) is 23.8. The van der Waals surface area contributed by atoms with Crippen molar-refractivity contribution >= 4 is 17.8 Å². The van der Waals surface area contributed by atoms with Gasteiger partial charge < -0.3 is 13.9 Å². The summed E-state index contributed by atoms with van der Waals surface area (Å²) in [6.45, 7) is 1.64. The smallest absolute Gasteiger partial charge is 0.385 e. The molecule has 0 aliphatic heterocycles. The number of pyridine rings is 1. The Morgan fingerprint density at radius 1 is 1.36 bits per heavy atom. The first-order valence-electron chi connectivity index (χ1n) is 9.65. The molecule has 3 rings (SSSR count). The molecule has 0 saturated heterocycles. The molecule has 1 amide bonds. The molecule has 2 N–H and O–H groups in total. The number of H-pyrrole nitrogens is 1. The van der Waals surface area contributed by atoms with E-state index in [0.717, 1.165) is 5.69 Å². The first-order chi connectivity index (χ1) is 15.9. The molecule has 1 aromatic carbocycles. The van der Waals surface area contributed by atoms with Gasteiger partial charge in [0.05, 0.1) is 17.7 Å². The molecule has 168 valence electrons. The SMILES string of the molecule is COCc1cc(C)[nH+]c(OCC(=O)NN=Cc2ccc(-c3cccc([N+](=O)[O-])c3)o2)c1C#N. The quantitative estimate of drug-likeness (QED) is 0.298. The molecule has 3 aromatic rings. The number of amides is 1. The van der Waals surface area contributed by atoms with Crippen LogP contribution in [0.5, 0.6) is 5.88 Å². The Kier molecular flexibility index (Phi) is 7.46. The number of aromatic nitrogens is 1. The highest BCUT2D eigenvalue weighted by Gasteiger charge is 2.19. The number of nitro benzene ring substituents is 1. The van der Waals surface area contributed by atoms with E-state index >= 15 is 0 Å². The number of nitrogens with one attached hydrogen (secondary N) is 2. The van der Waals surface area contributed by atoms with Crippen molar-refractivity contribution in [2.75, 3.05) is 13.7 Å². The Labute approximate surface area is 188 Å². The average molecular weight is 450 g/mol. The lowest BCUT2D eigenvalue weighted by Crippen LogP contribution is -2.27. The molecule has 0 spiro atoms. The van der Waals surface area contributed by atoms with Gasteiger partial charge in [-0.1, -0.05) is 12.1 Å². The number of rotatable bonds is 9. The molecule has 2 aromatic heterocycles. The Morgan fingerprint density at radius 2 is 2.18 bits per heavy atom. The van der Waals surface area contributed by atoms with Crippen molar-refractivity contribution in [3.05, 3.63) is 75.2 Å². The number of nitrogens with zero attached hydrogens (tertiary/aromatic N) is 3. The van der Waals surface area contributed by atoms with Crippen LogP contribution in [0.15, 0.2) is 52.0 Å². The summed E-state index contributed by atoms with van der Waals surface area (Å²) in [5.41, 5.74) is 4.43. The van der Waals surface area contributed by atoms with Gasteiger partial charge in [0, 0.05) is 43.4 Å². The number of carbonyl (C=O) groups excluding carboxylic acids is 1. The summed E-state index contributed by atoms with van der Waals surface area (Å²) in [6.07, 6.45) is 1.29. The van der Waals surface area contributed by atoms with Gasteiger partial charge in [0.25, 0.3) is 11.6 Å². The lowest BCUT2D eigenvalue weighted by atomic mass is 10.1. The lowest BCUT2D eigenvalue weighted by molar-refractivity contribution is -0.403. The number of hydrazone groups is 1. The second-order valence-corrected chi connectivity index (χ2v) is 6.82. The first kappa shape index (κ1) is 23.1. The van der Waals surface area contributed by atoms with Gasteiger partial charge in [-0.25, -0.2) is 5.43 Å². The number of non-ortho nitro benzene ring substituents is 1. The van der Waals surface area contributed by atoms with E-state index in [1.165, 1.54) is 25.5 Å². The standard InChI is InChI=1S/C22H19N5O6/c1-14-8-16(12-31-2)19(10-23)22(25-14)32-13-21(28)26-24-11-18-6-7-20(33-18)15-4-3-5-17(9-15)27(29)30/h3-9,11H,12-13H2,1-2H3,(H,26,28)/p+1. The molecule has 0 unspecified atom stereocenters. The highest BCUT2D eigenvalue weighted by Crippen LogP contribution is 2.25. The highest BCUT2D eigenvalue weighted by molar-refractivity contribution is 5.81. The predicted molar refractivity (Wildman–Crippen MR) is 115 cm³/mol. The van der Waals surface area contributed by atoms with Crippen LogP contribution >= 0.6 is 0 Å². The molecule has 11 nitrogen and oxygen atoms in total. The topological polar surface area (TPSA) is 154 Å². The molecule has 0 saturated carbocycles. The molecular weight excluding hydrogens is 430 g/mol. The molecule has 0 radical (unpaired) electrons. The maximum atomic E-state index is 12.1. The van der Waals surface area contributed by atoms with E-state index in [1.807, 2.05) is 6.07 Å². The van der Waals surface area contributed by atoms with Crippen molar-refractivity contribution in [1.82, 2.24) is 5.43 Å². The van der Waals surface area contributed by atoms with Gasteiger partial charge in [-0.15, -0.1) is 0 Å². The summed E-state index contributed by atoms with van der Waals surface area (Å²) in [4.78, 5) is 25.4. The molecule has 33 heavy (non-hydrogen) atoms. The fraction of sp³-hybridized carbons (Fsp3) is 0.182. The second-order valence-electron chi connectivity index (χ2n) is 6.82. The molecular formula is C22H20N5O6+. The van der Waals surface area contributed by atoms with Crippen LogP contribution in [0.4, 0.5) is 5.69 Å². The third-order valence-corrected chi connectivity index (χ3v) is 4.36. The molecule has 2 heterocycles. The fourth-order valence-electron chi connectivity index (χ4n) is 2.95. The maximum absolute atomic E-state index is 12.1. The van der Waals surface area contributed by atoms with E-state index in [2.05, 4.69) is 15.5 Å². The van der Waals surface area contributed by atoms with Gasteiger partial charge >= 0.3 is 5.88 Å². The van der Waals surface area contributed by atoms with Crippen LogP contribution in [0.25, 0.3) is 11.3 Å². The molecule has 0 bridgehead atoms. The Morgan fingerprint density at radius 3 is 2.91 bits per heavy atom. The number of furan rings is 1. The Bertz CT molecular complexity index is 1240. The minimum Gasteiger partial charge on any atom is -0.455 e. The van der Waals surface area contributed by atoms with Gasteiger partial charge in [-0.2, -0.15) is 15.3 Å². The number of ether oxygens (including phenoxy) is 2. The number of aromatic amines is 1. The van der Waals surface area contributed by atoms with Crippen LogP contribution in [-0.2, 0) is 16.1 Å². The van der Waals surface area contributed by atoms with Crippen LogP contribution in [0, 0.1) is 28.4 Å². The van der Waals surface area contributed by atoms with Gasteiger partial charge in [-0.3, -0.25) is 14.9 Å². The maximum Gasteiger partial charge on any atom is 0.385 e. The second kappa shape index (κ2) is 10.7. The number of nitriles is 1. The van der Waals surface area contributed by atoms with Crippen LogP contribution in [0.1, 0.15) is 22.6 Å². The molecule has 11 heteroatoms. The van der Waals surface area contributed by atoms with Gasteiger partial charge in [0.2, 0.25) is 0 Å². The number of methoxy groups -OCH3 is 1. The van der Waals surface area contributed by atoms with E-state index in [0.29, 0.717) is 22.6 Å². The van der Waals surface area contributed by atoms with Crippen molar-refractivity contribution < 1.29 is 28.6 Å². The van der Waals surface area contributed by atoms with Gasteiger partial charge in [0.1, 0.15) is 17.6 Å². The molecule has 0 aliphatic rings. The number of nitro groups is 1. The number of benzene rings is 1. The van der Waals surface area contributed by atoms with Gasteiger partial charge in [0.15, 0.2) is 17.9 Å². The Hall–Kier alpha value is -4.56. The molecule has 0 aliphatic carbocycles. The largest absolute Gasteiger partial charge is 0.455 e. The molecule has 0 atom stereocenters. The minimum absolute atomic E-state index is 0.0499. The summed E-state index contributed by atoms with van der Waals surface area (Å²) >= 11 is 0. The lowest BCUT2D eigenvalue weighted by Gasteiger charge is -2.06. The van der Waals surface area contributed by atoms with Crippen molar-refractivity contribution in [3.8, 4) is 23.3 Å². The third kappa shape index (κ3) is 5.99. The van der Waals surface area contributed by atoms with Crippen LogP contribution < -0.4 is 15.1 Å². The normalized spacial score (nSPS) is 10.7. The van der Waals surface area contributed by atoms with Gasteiger partial charge in [-0.05, 0) is 12.1 Å². The first-order valence-corrected chi connectivity index (χ1v) is 9.65. The van der Waals surface area contributed by atoms with E-state index in [1.54, 1.807) is 37.3 Å². The highest BCUT2D eigenvalue weighted by atomic mass is 16.6. The number of hydrogen-bond acceptors (Lipinski definition) is 8. The van der Waals surface area contributed by atoms with E-state index < -0.39 is 10.8 Å². The van der Waals surface area contributed by atoms with Crippen molar-refractivity contribution in [2.24, 2.45) is 5.10 Å². The van der Waals surface area contributed by atoms with Crippen LogP contribution in [0.2, 0.25) is 0 Å². The number of hydrogen-bond donors (Lipinski definition) is 1. The summed E-state index contributed by atoms with van der Waals surface area (Å²) in [7, 11) is 1.52. The van der Waals surface area contributed by atoms with Crippen molar-refractivity contribution in [2.45, 2.75) is 13.5 Å². The van der Waals surface area contributed by atoms with Crippen molar-refractivity contribution in [3.63, 3.8) is 0 Å². The average Bonchev–Trinajstić information content (AvgIpc) is 3.27. The van der Waals surface area contributed by atoms with E-state index in [9.17, 15) is 20.2 Å². The van der Waals surface area contributed by atoms with E-state index in [-0.39, 0.29) is 30.3 Å². The predicted octanol–water partition coefficient (Wildman–Crippen LogP) is 2.52. The van der Waals surface area contributed by atoms with Crippen molar-refractivity contribution in [1.29, 1.82) is 5.26 Å². The summed E-state index contributed by atoms with van der Waals surface area (Å²) < 4.78 is 16.1. The fourth-order valence-corrected chi connectivity index (χ4v) is 2.95. The zero-order valence-electron chi connectivity index (χ0n) is 17.8. The molecule has 0 fully saturated rings. The minimum atomic E-state index is -0.552. The number of aryl methyl sites for hydroxylation is 1. The zero-order valence-corrected chi connectivity index (χ0v) is 17.8. The van der Waals surface area contributed by atoms with Crippen LogP contribution in [0.3, 0.4) is 0 Å². The van der Waals surface area contributed by atoms with E-state index in [4.69, 9.17) is 13.9 Å². The Balaban J connectivity index is 1.59. The monoisotopic (exact) mass is 450 g/mol. The summed E-state index contributed by atoms with van der Waals surface area (Å²) in [5, 5.41) is 24.1.